The molecule has 7 nitrogen and oxygen atoms in total. The Hall–Kier alpha value is -0.700. The first-order chi connectivity index (χ1) is 8.71. The number of hydrogen-bond donors (Lipinski definition) is 0. The first-order valence-corrected chi connectivity index (χ1v) is 8.12. The Morgan fingerprint density at radius 2 is 2.00 bits per heavy atom. The summed E-state index contributed by atoms with van der Waals surface area (Å²) in [7, 11) is 1.43. The molecule has 0 radical (unpaired) electrons. The quantitative estimate of drug-likeness (QED) is 0.759. The van der Waals surface area contributed by atoms with Crippen molar-refractivity contribution in [2.24, 2.45) is 0 Å². The Morgan fingerprint density at radius 3 is 2.47 bits per heavy atom. The number of hydrogen-bond acceptors (Lipinski definition) is 6. The summed E-state index contributed by atoms with van der Waals surface area (Å²) >= 11 is 0. The van der Waals surface area contributed by atoms with E-state index >= 15 is 0 Å². The minimum Gasteiger partial charge on any atom is -0.376 e. The van der Waals surface area contributed by atoms with Gasteiger partial charge in [0, 0.05) is 16.2 Å². The van der Waals surface area contributed by atoms with Gasteiger partial charge in [0.1, 0.15) is 6.10 Å². The molecule has 0 bridgehead atoms. The summed E-state index contributed by atoms with van der Waals surface area (Å²) in [5.41, 5.74) is -0.545. The summed E-state index contributed by atoms with van der Waals surface area (Å²) in [5, 5.41) is 7.33. The molecule has 9 heteroatoms. The van der Waals surface area contributed by atoms with E-state index in [-0.39, 0.29) is 5.16 Å². The SMILES string of the molecule is CC(C)(C)n1c(C2COCCO2)nnc1S(=O)(=O)Cl. The van der Waals surface area contributed by atoms with Gasteiger partial charge >= 0.3 is 0 Å². The zero-order chi connectivity index (χ0) is 14.3. The number of aromatic nitrogens is 3. The van der Waals surface area contributed by atoms with Crippen molar-refractivity contribution >= 4 is 19.7 Å². The highest BCUT2D eigenvalue weighted by Gasteiger charge is 2.34. The van der Waals surface area contributed by atoms with Gasteiger partial charge in [-0.3, -0.25) is 4.57 Å². The Labute approximate surface area is 116 Å². The largest absolute Gasteiger partial charge is 0.376 e. The second-order valence-electron chi connectivity index (χ2n) is 5.22. The lowest BCUT2D eigenvalue weighted by atomic mass is 10.1. The molecule has 1 saturated heterocycles. The van der Waals surface area contributed by atoms with Gasteiger partial charge < -0.3 is 9.47 Å². The van der Waals surface area contributed by atoms with Gasteiger partial charge in [-0.1, -0.05) is 0 Å². The van der Waals surface area contributed by atoms with Crippen molar-refractivity contribution < 1.29 is 17.9 Å². The van der Waals surface area contributed by atoms with Crippen molar-refractivity contribution in [1.82, 2.24) is 14.8 Å². The minimum absolute atomic E-state index is 0.272. The molecule has 108 valence electrons. The summed E-state index contributed by atoms with van der Waals surface area (Å²) in [5.74, 6) is 0.409. The molecule has 0 aliphatic carbocycles. The van der Waals surface area contributed by atoms with Gasteiger partial charge in [-0.25, -0.2) is 8.42 Å². The van der Waals surface area contributed by atoms with Gasteiger partial charge in [-0.05, 0) is 20.8 Å². The fourth-order valence-electron chi connectivity index (χ4n) is 1.92. The minimum atomic E-state index is -3.97. The fraction of sp³-hybridized carbons (Fsp3) is 0.800. The molecule has 1 aliphatic heterocycles. The Bertz CT molecular complexity index is 558. The van der Waals surface area contributed by atoms with Crippen molar-refractivity contribution in [3.05, 3.63) is 5.82 Å². The van der Waals surface area contributed by atoms with Crippen LogP contribution in [0.5, 0.6) is 0 Å². The van der Waals surface area contributed by atoms with Gasteiger partial charge in [-0.15, -0.1) is 10.2 Å². The topological polar surface area (TPSA) is 83.3 Å². The maximum Gasteiger partial charge on any atom is 0.296 e. The first kappa shape index (κ1) is 14.7. The van der Waals surface area contributed by atoms with E-state index in [1.165, 1.54) is 4.57 Å². The Kier molecular flexibility index (Phi) is 3.87. The van der Waals surface area contributed by atoms with E-state index in [0.717, 1.165) is 0 Å². The number of rotatable bonds is 2. The molecule has 1 aliphatic rings. The van der Waals surface area contributed by atoms with Crippen LogP contribution in [0.4, 0.5) is 0 Å². The maximum atomic E-state index is 11.6. The highest BCUT2D eigenvalue weighted by molar-refractivity contribution is 8.13. The third-order valence-corrected chi connectivity index (χ3v) is 3.77. The average molecular weight is 310 g/mol. The van der Waals surface area contributed by atoms with Crippen molar-refractivity contribution in [1.29, 1.82) is 0 Å². The molecule has 0 N–H and O–H groups in total. The standard InChI is InChI=1S/C10H16ClN3O4S/c1-10(2,3)14-8(7-6-17-4-5-18-7)12-13-9(14)19(11,15)16/h7H,4-6H2,1-3H3. The molecule has 2 rings (SSSR count). The summed E-state index contributed by atoms with van der Waals surface area (Å²) in [6.07, 6.45) is -0.437. The van der Waals surface area contributed by atoms with E-state index in [2.05, 4.69) is 10.2 Å². The Balaban J connectivity index is 2.53. The van der Waals surface area contributed by atoms with Crippen LogP contribution < -0.4 is 0 Å². The number of nitrogens with zero attached hydrogens (tertiary/aromatic N) is 3. The maximum absolute atomic E-state index is 11.6. The van der Waals surface area contributed by atoms with Crippen molar-refractivity contribution in [2.45, 2.75) is 37.6 Å². The second-order valence-corrected chi connectivity index (χ2v) is 7.68. The third kappa shape index (κ3) is 3.07. The van der Waals surface area contributed by atoms with E-state index in [9.17, 15) is 8.42 Å². The van der Waals surface area contributed by atoms with Gasteiger partial charge in [0.2, 0.25) is 0 Å². The first-order valence-electron chi connectivity index (χ1n) is 5.81. The second kappa shape index (κ2) is 5.01. The zero-order valence-electron chi connectivity index (χ0n) is 11.0. The van der Waals surface area contributed by atoms with Gasteiger partial charge in [-0.2, -0.15) is 0 Å². The van der Waals surface area contributed by atoms with E-state index < -0.39 is 20.7 Å². The third-order valence-electron chi connectivity index (χ3n) is 2.65. The average Bonchev–Trinajstić information content (AvgIpc) is 2.74. The lowest BCUT2D eigenvalue weighted by molar-refractivity contribution is -0.0959. The highest BCUT2D eigenvalue weighted by Crippen LogP contribution is 2.29. The van der Waals surface area contributed by atoms with E-state index in [1.807, 2.05) is 20.8 Å². The summed E-state index contributed by atoms with van der Waals surface area (Å²) < 4.78 is 35.5. The molecule has 1 fully saturated rings. The fourth-order valence-corrected chi connectivity index (χ4v) is 2.94. The Morgan fingerprint density at radius 1 is 1.32 bits per heavy atom. The summed E-state index contributed by atoms with van der Waals surface area (Å²) in [6.45, 7) is 6.79. The van der Waals surface area contributed by atoms with Crippen LogP contribution >= 0.6 is 10.7 Å². The van der Waals surface area contributed by atoms with Crippen molar-refractivity contribution in [3.63, 3.8) is 0 Å². The van der Waals surface area contributed by atoms with E-state index in [1.54, 1.807) is 0 Å². The summed E-state index contributed by atoms with van der Waals surface area (Å²) in [4.78, 5) is 0. The molecule has 0 spiro atoms. The van der Waals surface area contributed by atoms with Crippen LogP contribution in [0.1, 0.15) is 32.7 Å². The molecule has 1 aromatic heterocycles. The lowest BCUT2D eigenvalue weighted by Crippen LogP contribution is -2.31. The molecule has 2 heterocycles. The number of ether oxygens (including phenoxy) is 2. The van der Waals surface area contributed by atoms with Crippen LogP contribution in [0.3, 0.4) is 0 Å². The summed E-state index contributed by atoms with van der Waals surface area (Å²) in [6, 6.07) is 0. The zero-order valence-corrected chi connectivity index (χ0v) is 12.5. The molecular formula is C10H16ClN3O4S. The molecule has 0 amide bonds. The molecule has 1 atom stereocenters. The van der Waals surface area contributed by atoms with Crippen LogP contribution in [0.25, 0.3) is 0 Å². The van der Waals surface area contributed by atoms with Gasteiger partial charge in [0.15, 0.2) is 5.82 Å². The van der Waals surface area contributed by atoms with Crippen molar-refractivity contribution in [3.8, 4) is 0 Å². The number of halogens is 1. The molecular weight excluding hydrogens is 294 g/mol. The predicted molar refractivity (Wildman–Crippen MR) is 67.6 cm³/mol. The molecule has 1 unspecified atom stereocenters. The molecule has 0 aromatic carbocycles. The van der Waals surface area contributed by atoms with Crippen LogP contribution in [-0.4, -0.2) is 43.0 Å². The van der Waals surface area contributed by atoms with Gasteiger partial charge in [0.25, 0.3) is 14.2 Å². The molecule has 1 aromatic rings. The van der Waals surface area contributed by atoms with Crippen LogP contribution in [0, 0.1) is 0 Å². The lowest BCUT2D eigenvalue weighted by Gasteiger charge is -2.28. The van der Waals surface area contributed by atoms with Crippen LogP contribution in [0.2, 0.25) is 0 Å². The van der Waals surface area contributed by atoms with Crippen molar-refractivity contribution in [2.75, 3.05) is 19.8 Å². The predicted octanol–water partition coefficient (Wildman–Crippen LogP) is 1.05. The van der Waals surface area contributed by atoms with E-state index in [0.29, 0.717) is 25.6 Å². The highest BCUT2D eigenvalue weighted by atomic mass is 35.7. The molecule has 19 heavy (non-hydrogen) atoms. The van der Waals surface area contributed by atoms with Crippen LogP contribution in [-0.2, 0) is 24.1 Å². The van der Waals surface area contributed by atoms with E-state index in [4.69, 9.17) is 20.2 Å². The monoisotopic (exact) mass is 309 g/mol. The smallest absolute Gasteiger partial charge is 0.296 e. The normalized spacial score (nSPS) is 21.6. The molecule has 0 saturated carbocycles. The van der Waals surface area contributed by atoms with Crippen LogP contribution in [0.15, 0.2) is 5.16 Å². The van der Waals surface area contributed by atoms with Gasteiger partial charge in [0.05, 0.1) is 19.8 Å².